The third-order valence-corrected chi connectivity index (χ3v) is 4.08. The Labute approximate surface area is 122 Å². The highest BCUT2D eigenvalue weighted by Crippen LogP contribution is 2.36. The molecule has 0 aliphatic carbocycles. The largest absolute Gasteiger partial charge is 0.496 e. The van der Waals surface area contributed by atoms with E-state index in [0.29, 0.717) is 11.0 Å². The summed E-state index contributed by atoms with van der Waals surface area (Å²) in [5.74, 6) is 0. The Balaban J connectivity index is 2.34. The highest BCUT2D eigenvalue weighted by molar-refractivity contribution is 6.62. The molecular formula is C13H17BClF2NO2. The molecule has 0 aromatic carbocycles. The molecule has 0 amide bonds. The van der Waals surface area contributed by atoms with Gasteiger partial charge >= 0.3 is 7.12 Å². The molecular weight excluding hydrogens is 286 g/mol. The maximum Gasteiger partial charge on any atom is 0.496 e. The van der Waals surface area contributed by atoms with Crippen LogP contribution in [0.15, 0.2) is 12.3 Å². The second-order valence-electron chi connectivity index (χ2n) is 5.89. The fourth-order valence-corrected chi connectivity index (χ4v) is 2.18. The van der Waals surface area contributed by atoms with Crippen LogP contribution in [0.1, 0.15) is 33.3 Å². The number of nitrogens with zero attached hydrogens (tertiary/aromatic N) is 1. The minimum atomic E-state index is -2.46. The number of hydrogen-bond acceptors (Lipinski definition) is 3. The van der Waals surface area contributed by atoms with E-state index < -0.39 is 31.2 Å². The molecule has 110 valence electrons. The van der Waals surface area contributed by atoms with Crippen LogP contribution in [0.4, 0.5) is 8.78 Å². The van der Waals surface area contributed by atoms with Crippen LogP contribution in [-0.2, 0) is 15.7 Å². The van der Waals surface area contributed by atoms with Crippen LogP contribution in [0.2, 0.25) is 5.15 Å². The number of halogens is 3. The summed E-state index contributed by atoms with van der Waals surface area (Å²) in [6, 6.07) is 1.44. The molecule has 1 saturated heterocycles. The van der Waals surface area contributed by atoms with Crippen LogP contribution in [0.3, 0.4) is 0 Å². The van der Waals surface area contributed by atoms with Crippen molar-refractivity contribution in [1.29, 1.82) is 0 Å². The minimum Gasteiger partial charge on any atom is -0.399 e. The van der Waals surface area contributed by atoms with E-state index in [1.165, 1.54) is 12.3 Å². The highest BCUT2D eigenvalue weighted by Gasteiger charge is 2.52. The molecule has 1 aromatic heterocycles. The molecule has 2 heterocycles. The van der Waals surface area contributed by atoms with E-state index >= 15 is 0 Å². The Morgan fingerprint density at radius 1 is 1.25 bits per heavy atom. The van der Waals surface area contributed by atoms with E-state index in [2.05, 4.69) is 4.98 Å². The molecule has 0 atom stereocenters. The van der Waals surface area contributed by atoms with Crippen molar-refractivity contribution in [1.82, 2.24) is 4.98 Å². The molecule has 0 spiro atoms. The molecule has 2 rings (SSSR count). The Bertz CT molecular complexity index is 495. The fourth-order valence-electron chi connectivity index (χ4n) is 2.00. The molecule has 0 bridgehead atoms. The third kappa shape index (κ3) is 2.97. The van der Waals surface area contributed by atoms with Gasteiger partial charge in [-0.05, 0) is 39.3 Å². The van der Waals surface area contributed by atoms with E-state index in [4.69, 9.17) is 20.9 Å². The summed E-state index contributed by atoms with van der Waals surface area (Å²) >= 11 is 5.78. The Kier molecular flexibility index (Phi) is 4.11. The number of hydrogen-bond donors (Lipinski definition) is 0. The van der Waals surface area contributed by atoms with E-state index in [1.807, 2.05) is 27.7 Å². The molecule has 0 saturated carbocycles. The van der Waals surface area contributed by atoms with Crippen molar-refractivity contribution in [2.45, 2.75) is 51.7 Å². The summed E-state index contributed by atoms with van der Waals surface area (Å²) in [5.41, 5.74) is -0.148. The highest BCUT2D eigenvalue weighted by atomic mass is 35.5. The predicted octanol–water partition coefficient (Wildman–Crippen LogP) is 2.84. The molecule has 20 heavy (non-hydrogen) atoms. The van der Waals surface area contributed by atoms with Crippen LogP contribution in [0.5, 0.6) is 0 Å². The first-order valence-electron chi connectivity index (χ1n) is 6.40. The maximum atomic E-state index is 12.7. The second kappa shape index (κ2) is 5.24. The normalized spacial score (nSPS) is 20.7. The molecule has 1 aromatic rings. The lowest BCUT2D eigenvalue weighted by atomic mass is 9.76. The number of rotatable bonds is 3. The zero-order valence-corrected chi connectivity index (χ0v) is 12.7. The van der Waals surface area contributed by atoms with Crippen molar-refractivity contribution >= 4 is 24.2 Å². The predicted molar refractivity (Wildman–Crippen MR) is 74.7 cm³/mol. The van der Waals surface area contributed by atoms with Crippen molar-refractivity contribution < 1.29 is 18.1 Å². The Morgan fingerprint density at radius 2 is 1.80 bits per heavy atom. The lowest BCUT2D eigenvalue weighted by molar-refractivity contribution is 0.00578. The zero-order valence-electron chi connectivity index (χ0n) is 11.9. The van der Waals surface area contributed by atoms with Gasteiger partial charge in [0.15, 0.2) is 0 Å². The van der Waals surface area contributed by atoms with Gasteiger partial charge in [0.1, 0.15) is 5.15 Å². The van der Waals surface area contributed by atoms with Crippen molar-refractivity contribution in [3.63, 3.8) is 0 Å². The molecule has 3 nitrogen and oxygen atoms in total. The van der Waals surface area contributed by atoms with Gasteiger partial charge in [0.2, 0.25) is 6.43 Å². The molecule has 0 N–H and O–H groups in total. The van der Waals surface area contributed by atoms with Crippen LogP contribution >= 0.6 is 11.6 Å². The SMILES string of the molecule is CC1(C)OB(c2cnc(Cl)cc2CC(F)F)OC1(C)C. The van der Waals surface area contributed by atoms with Gasteiger partial charge in [-0.15, -0.1) is 0 Å². The number of pyridine rings is 1. The van der Waals surface area contributed by atoms with Crippen LogP contribution < -0.4 is 5.46 Å². The van der Waals surface area contributed by atoms with Crippen molar-refractivity contribution in [2.24, 2.45) is 0 Å². The van der Waals surface area contributed by atoms with Crippen LogP contribution in [0.25, 0.3) is 0 Å². The van der Waals surface area contributed by atoms with E-state index in [0.717, 1.165) is 0 Å². The first-order valence-corrected chi connectivity index (χ1v) is 6.78. The average Bonchev–Trinajstić information content (AvgIpc) is 2.46. The second-order valence-corrected chi connectivity index (χ2v) is 6.28. The lowest BCUT2D eigenvalue weighted by Crippen LogP contribution is -2.41. The van der Waals surface area contributed by atoms with Crippen molar-refractivity contribution in [3.8, 4) is 0 Å². The molecule has 1 aliphatic heterocycles. The fraction of sp³-hybridized carbons (Fsp3) is 0.615. The third-order valence-electron chi connectivity index (χ3n) is 3.87. The zero-order chi connectivity index (χ0) is 15.1. The van der Waals surface area contributed by atoms with Gasteiger partial charge in [-0.1, -0.05) is 11.6 Å². The molecule has 1 fully saturated rings. The van der Waals surface area contributed by atoms with Gasteiger partial charge in [0, 0.05) is 18.1 Å². The summed E-state index contributed by atoms with van der Waals surface area (Å²) in [5, 5.41) is 0.181. The topological polar surface area (TPSA) is 31.4 Å². The summed E-state index contributed by atoms with van der Waals surface area (Å²) in [6.45, 7) is 7.62. The first-order chi connectivity index (χ1) is 9.12. The van der Waals surface area contributed by atoms with Gasteiger partial charge in [0.05, 0.1) is 11.2 Å². The molecule has 7 heteroatoms. The summed E-state index contributed by atoms with van der Waals surface area (Å²) in [6.07, 6.45) is -1.42. The van der Waals surface area contributed by atoms with Gasteiger partial charge in [0.25, 0.3) is 0 Å². The van der Waals surface area contributed by atoms with E-state index in [-0.39, 0.29) is 5.15 Å². The molecule has 0 unspecified atom stereocenters. The summed E-state index contributed by atoms with van der Waals surface area (Å²) < 4.78 is 37.1. The Morgan fingerprint density at radius 3 is 2.30 bits per heavy atom. The minimum absolute atomic E-state index is 0.181. The summed E-state index contributed by atoms with van der Waals surface area (Å²) in [7, 11) is -0.710. The monoisotopic (exact) mass is 303 g/mol. The van der Waals surface area contributed by atoms with Gasteiger partial charge in [-0.25, -0.2) is 13.8 Å². The van der Waals surface area contributed by atoms with Crippen LogP contribution in [0, 0.1) is 0 Å². The number of alkyl halides is 2. The lowest BCUT2D eigenvalue weighted by Gasteiger charge is -2.32. The smallest absolute Gasteiger partial charge is 0.399 e. The van der Waals surface area contributed by atoms with Gasteiger partial charge < -0.3 is 9.31 Å². The maximum absolute atomic E-state index is 12.7. The molecule has 0 radical (unpaired) electrons. The van der Waals surface area contributed by atoms with Gasteiger partial charge in [-0.3, -0.25) is 0 Å². The Hall–Kier alpha value is -0.715. The first kappa shape index (κ1) is 15.7. The quantitative estimate of drug-likeness (QED) is 0.635. The van der Waals surface area contributed by atoms with Gasteiger partial charge in [-0.2, -0.15) is 0 Å². The van der Waals surface area contributed by atoms with E-state index in [1.54, 1.807) is 0 Å². The van der Waals surface area contributed by atoms with Crippen molar-refractivity contribution in [2.75, 3.05) is 0 Å². The number of aromatic nitrogens is 1. The van der Waals surface area contributed by atoms with Crippen LogP contribution in [-0.4, -0.2) is 29.7 Å². The molecule has 1 aliphatic rings. The standard InChI is InChI=1S/C13H17BClF2NO2/c1-12(2)13(3,4)20-14(19-12)9-7-18-10(15)5-8(9)6-11(16)17/h5,7,11H,6H2,1-4H3. The van der Waals surface area contributed by atoms with E-state index in [9.17, 15) is 8.78 Å². The van der Waals surface area contributed by atoms with Crippen molar-refractivity contribution in [3.05, 3.63) is 23.0 Å². The summed E-state index contributed by atoms with van der Waals surface area (Å²) in [4.78, 5) is 3.95. The average molecular weight is 304 g/mol.